The second kappa shape index (κ2) is 8.37. The molecule has 1 aromatic carbocycles. The fraction of sp³-hybridized carbons (Fsp3) is 0.476. The van der Waals surface area contributed by atoms with E-state index in [0.717, 1.165) is 37.3 Å². The van der Waals surface area contributed by atoms with E-state index >= 15 is 0 Å². The summed E-state index contributed by atoms with van der Waals surface area (Å²) in [5.74, 6) is 1.21. The summed E-state index contributed by atoms with van der Waals surface area (Å²) in [6.45, 7) is 8.14. The maximum Gasteiger partial charge on any atom is 0.253 e. The Kier molecular flexibility index (Phi) is 5.94. The van der Waals surface area contributed by atoms with Crippen LogP contribution in [0, 0.1) is 0 Å². The van der Waals surface area contributed by atoms with Gasteiger partial charge in [0.2, 0.25) is 5.91 Å². The van der Waals surface area contributed by atoms with Crippen LogP contribution in [-0.2, 0) is 11.3 Å². The van der Waals surface area contributed by atoms with Crippen molar-refractivity contribution in [2.75, 3.05) is 13.1 Å². The second-order valence-corrected chi connectivity index (χ2v) is 7.44. The van der Waals surface area contributed by atoms with Gasteiger partial charge in [0.05, 0.1) is 0 Å². The lowest BCUT2D eigenvalue weighted by Gasteiger charge is -2.18. The molecule has 6 heteroatoms. The SMILES string of the molecule is CC(C)c1nccn1[C@H](C)C(=O)NCc1ccc(C(=O)N2CCCC2)cc1. The van der Waals surface area contributed by atoms with Crippen LogP contribution in [0.25, 0.3) is 0 Å². The van der Waals surface area contributed by atoms with E-state index < -0.39 is 0 Å². The van der Waals surface area contributed by atoms with Gasteiger partial charge in [-0.25, -0.2) is 4.98 Å². The van der Waals surface area contributed by atoms with Crippen molar-refractivity contribution < 1.29 is 9.59 Å². The number of aromatic nitrogens is 2. The first-order valence-electron chi connectivity index (χ1n) is 9.66. The van der Waals surface area contributed by atoms with Crippen molar-refractivity contribution >= 4 is 11.8 Å². The Hall–Kier alpha value is -2.63. The van der Waals surface area contributed by atoms with Gasteiger partial charge in [-0.2, -0.15) is 0 Å². The van der Waals surface area contributed by atoms with Crippen LogP contribution in [0.2, 0.25) is 0 Å². The van der Waals surface area contributed by atoms with E-state index in [2.05, 4.69) is 24.1 Å². The number of benzene rings is 1. The minimum absolute atomic E-state index is 0.0490. The van der Waals surface area contributed by atoms with Crippen LogP contribution >= 0.6 is 0 Å². The van der Waals surface area contributed by atoms with Crippen LogP contribution in [-0.4, -0.2) is 39.4 Å². The molecule has 1 saturated heterocycles. The van der Waals surface area contributed by atoms with E-state index in [-0.39, 0.29) is 23.8 Å². The zero-order chi connectivity index (χ0) is 19.4. The third kappa shape index (κ3) is 4.38. The van der Waals surface area contributed by atoms with Crippen LogP contribution in [0.1, 0.15) is 67.3 Å². The van der Waals surface area contributed by atoms with Crippen molar-refractivity contribution in [3.05, 3.63) is 53.6 Å². The molecule has 6 nitrogen and oxygen atoms in total. The summed E-state index contributed by atoms with van der Waals surface area (Å²) < 4.78 is 1.91. The first-order chi connectivity index (χ1) is 13.0. The molecule has 1 aromatic heterocycles. The minimum atomic E-state index is -0.319. The molecule has 0 unspecified atom stereocenters. The van der Waals surface area contributed by atoms with Gasteiger partial charge in [0.15, 0.2) is 0 Å². The van der Waals surface area contributed by atoms with Crippen molar-refractivity contribution in [2.45, 2.75) is 52.1 Å². The maximum atomic E-state index is 12.5. The molecule has 1 fully saturated rings. The number of carbonyl (C=O) groups excluding carboxylic acids is 2. The lowest BCUT2D eigenvalue weighted by atomic mass is 10.1. The van der Waals surface area contributed by atoms with Crippen molar-refractivity contribution in [1.29, 1.82) is 0 Å². The van der Waals surface area contributed by atoms with Gasteiger partial charge in [-0.15, -0.1) is 0 Å². The number of hydrogen-bond acceptors (Lipinski definition) is 3. The topological polar surface area (TPSA) is 67.2 Å². The molecule has 0 radical (unpaired) electrons. The summed E-state index contributed by atoms with van der Waals surface area (Å²) in [7, 11) is 0. The van der Waals surface area contributed by atoms with Crippen LogP contribution in [0.15, 0.2) is 36.7 Å². The Morgan fingerprint density at radius 2 is 1.78 bits per heavy atom. The van der Waals surface area contributed by atoms with Crippen molar-refractivity contribution in [3.8, 4) is 0 Å². The van der Waals surface area contributed by atoms with Gasteiger partial charge in [0.1, 0.15) is 11.9 Å². The van der Waals surface area contributed by atoms with Crippen LogP contribution in [0.4, 0.5) is 0 Å². The predicted molar refractivity (Wildman–Crippen MR) is 104 cm³/mol. The summed E-state index contributed by atoms with van der Waals surface area (Å²) >= 11 is 0. The summed E-state index contributed by atoms with van der Waals surface area (Å²) in [6.07, 6.45) is 5.75. The van der Waals surface area contributed by atoms with Gasteiger partial charge in [0.25, 0.3) is 5.91 Å². The van der Waals surface area contributed by atoms with Crippen LogP contribution in [0.5, 0.6) is 0 Å². The number of imidazole rings is 1. The smallest absolute Gasteiger partial charge is 0.253 e. The number of amides is 2. The lowest BCUT2D eigenvalue weighted by Crippen LogP contribution is -2.31. The minimum Gasteiger partial charge on any atom is -0.350 e. The largest absolute Gasteiger partial charge is 0.350 e. The highest BCUT2D eigenvalue weighted by molar-refractivity contribution is 5.94. The molecule has 0 aliphatic carbocycles. The highest BCUT2D eigenvalue weighted by atomic mass is 16.2. The average Bonchev–Trinajstić information content (AvgIpc) is 3.37. The Balaban J connectivity index is 1.57. The van der Waals surface area contributed by atoms with Gasteiger partial charge in [-0.1, -0.05) is 26.0 Å². The monoisotopic (exact) mass is 368 g/mol. The number of rotatable bonds is 6. The van der Waals surface area contributed by atoms with E-state index in [1.807, 2.05) is 46.9 Å². The van der Waals surface area contributed by atoms with E-state index in [1.165, 1.54) is 0 Å². The standard InChI is InChI=1S/C21H28N4O2/c1-15(2)19-22-10-13-25(19)16(3)20(26)23-14-17-6-8-18(9-7-17)21(27)24-11-4-5-12-24/h6-10,13,15-16H,4-5,11-12,14H2,1-3H3,(H,23,26)/t16-/m1/s1. The molecule has 1 N–H and O–H groups in total. The van der Waals surface area contributed by atoms with Crippen molar-refractivity contribution in [3.63, 3.8) is 0 Å². The molecule has 1 aliphatic heterocycles. The van der Waals surface area contributed by atoms with Crippen molar-refractivity contribution in [2.24, 2.45) is 0 Å². The third-order valence-corrected chi connectivity index (χ3v) is 5.07. The van der Waals surface area contributed by atoms with E-state index in [4.69, 9.17) is 0 Å². The zero-order valence-corrected chi connectivity index (χ0v) is 16.3. The van der Waals surface area contributed by atoms with E-state index in [9.17, 15) is 9.59 Å². The lowest BCUT2D eigenvalue weighted by molar-refractivity contribution is -0.124. The molecule has 0 saturated carbocycles. The first-order valence-corrected chi connectivity index (χ1v) is 9.66. The molecular formula is C21H28N4O2. The third-order valence-electron chi connectivity index (χ3n) is 5.07. The molecule has 2 aromatic rings. The van der Waals surface area contributed by atoms with Crippen LogP contribution in [0.3, 0.4) is 0 Å². The van der Waals surface area contributed by atoms with Gasteiger partial charge >= 0.3 is 0 Å². The van der Waals surface area contributed by atoms with Crippen molar-refractivity contribution in [1.82, 2.24) is 19.8 Å². The summed E-state index contributed by atoms with van der Waals surface area (Å²) in [4.78, 5) is 31.1. The molecule has 2 heterocycles. The fourth-order valence-electron chi connectivity index (χ4n) is 3.43. The molecule has 2 amide bonds. The normalized spacial score (nSPS) is 15.2. The fourth-order valence-corrected chi connectivity index (χ4v) is 3.43. The number of carbonyl (C=O) groups is 2. The molecule has 3 rings (SSSR count). The summed E-state index contributed by atoms with van der Waals surface area (Å²) in [5, 5.41) is 2.97. The van der Waals surface area contributed by atoms with Gasteiger partial charge in [-0.05, 0) is 37.5 Å². The van der Waals surface area contributed by atoms with Gasteiger partial charge < -0.3 is 14.8 Å². The molecule has 1 aliphatic rings. The Bertz CT molecular complexity index is 789. The van der Waals surface area contributed by atoms with E-state index in [0.29, 0.717) is 12.1 Å². The molecule has 0 spiro atoms. The number of likely N-dealkylation sites (tertiary alicyclic amines) is 1. The van der Waals surface area contributed by atoms with E-state index in [1.54, 1.807) is 6.20 Å². The summed E-state index contributed by atoms with van der Waals surface area (Å²) in [6, 6.07) is 7.19. The predicted octanol–water partition coefficient (Wildman–Crippen LogP) is 3.12. The summed E-state index contributed by atoms with van der Waals surface area (Å²) in [5.41, 5.74) is 1.68. The maximum absolute atomic E-state index is 12.5. The first kappa shape index (κ1) is 19.1. The second-order valence-electron chi connectivity index (χ2n) is 7.44. The number of nitrogens with one attached hydrogen (secondary N) is 1. The Labute approximate surface area is 160 Å². The quantitative estimate of drug-likeness (QED) is 0.852. The molecule has 27 heavy (non-hydrogen) atoms. The molecule has 144 valence electrons. The zero-order valence-electron chi connectivity index (χ0n) is 16.3. The Morgan fingerprint density at radius 1 is 1.11 bits per heavy atom. The average molecular weight is 368 g/mol. The molecular weight excluding hydrogens is 340 g/mol. The number of nitrogens with zero attached hydrogens (tertiary/aromatic N) is 3. The molecule has 1 atom stereocenters. The highest BCUT2D eigenvalue weighted by Gasteiger charge is 2.20. The number of hydrogen-bond donors (Lipinski definition) is 1. The Morgan fingerprint density at radius 3 is 2.41 bits per heavy atom. The van der Waals surface area contributed by atoms with Gasteiger partial charge in [0, 0.05) is 43.5 Å². The van der Waals surface area contributed by atoms with Gasteiger partial charge in [-0.3, -0.25) is 9.59 Å². The molecule has 0 bridgehead atoms. The van der Waals surface area contributed by atoms with Crippen LogP contribution < -0.4 is 5.32 Å². The highest BCUT2D eigenvalue weighted by Crippen LogP contribution is 2.17.